The van der Waals surface area contributed by atoms with Gasteiger partial charge in [-0.15, -0.1) is 0 Å². The first-order valence-corrected chi connectivity index (χ1v) is 8.77. The van der Waals surface area contributed by atoms with Gasteiger partial charge in [0.25, 0.3) is 0 Å². The largest absolute Gasteiger partial charge is 0.472 e. The number of piperazine rings is 1. The fourth-order valence-corrected chi connectivity index (χ4v) is 3.13. The van der Waals surface area contributed by atoms with Gasteiger partial charge in [0.05, 0.1) is 31.2 Å². The molecule has 1 saturated heterocycles. The molecule has 26 heavy (non-hydrogen) atoms. The molecule has 0 aromatic carbocycles. The maximum Gasteiger partial charge on any atom is 0.237 e. The highest BCUT2D eigenvalue weighted by molar-refractivity contribution is 5.88. The van der Waals surface area contributed by atoms with E-state index in [1.54, 1.807) is 35.4 Å². The molecule has 3 rings (SSSR count). The van der Waals surface area contributed by atoms with E-state index in [-0.39, 0.29) is 18.2 Å². The lowest BCUT2D eigenvalue weighted by Crippen LogP contribution is -2.56. The van der Waals surface area contributed by atoms with Gasteiger partial charge in [0, 0.05) is 52.0 Å². The van der Waals surface area contributed by atoms with Gasteiger partial charge < -0.3 is 14.6 Å². The minimum absolute atomic E-state index is 0.0341. The Morgan fingerprint density at radius 3 is 3.00 bits per heavy atom. The average Bonchev–Trinajstić information content (AvgIpc) is 3.27. The van der Waals surface area contributed by atoms with E-state index in [1.165, 1.54) is 0 Å². The van der Waals surface area contributed by atoms with E-state index in [1.807, 2.05) is 24.2 Å². The second-order valence-corrected chi connectivity index (χ2v) is 6.70. The van der Waals surface area contributed by atoms with E-state index < -0.39 is 6.04 Å². The maximum absolute atomic E-state index is 12.6. The maximum atomic E-state index is 12.6. The van der Waals surface area contributed by atoms with Gasteiger partial charge in [-0.3, -0.25) is 19.2 Å². The Kier molecular flexibility index (Phi) is 5.72. The monoisotopic (exact) mass is 359 g/mol. The van der Waals surface area contributed by atoms with Crippen LogP contribution in [0.15, 0.2) is 35.4 Å². The quantitative estimate of drug-likeness (QED) is 0.774. The molecule has 140 valence electrons. The van der Waals surface area contributed by atoms with Gasteiger partial charge >= 0.3 is 0 Å². The van der Waals surface area contributed by atoms with Crippen molar-refractivity contribution in [3.8, 4) is 0 Å². The second kappa shape index (κ2) is 8.18. The molecular weight excluding hydrogens is 334 g/mol. The first-order valence-electron chi connectivity index (χ1n) is 8.77. The van der Waals surface area contributed by atoms with Crippen LogP contribution in [0.2, 0.25) is 0 Å². The van der Waals surface area contributed by atoms with E-state index in [9.17, 15) is 9.59 Å². The molecule has 8 nitrogen and oxygen atoms in total. The molecule has 0 saturated carbocycles. The third kappa shape index (κ3) is 4.51. The molecule has 3 heterocycles. The number of hydrogen-bond acceptors (Lipinski definition) is 5. The molecule has 0 bridgehead atoms. The zero-order valence-electron chi connectivity index (χ0n) is 15.2. The number of amides is 2. The van der Waals surface area contributed by atoms with Gasteiger partial charge in [-0.2, -0.15) is 5.10 Å². The second-order valence-electron chi connectivity index (χ2n) is 6.70. The Labute approximate surface area is 152 Å². The molecule has 2 aromatic heterocycles. The minimum atomic E-state index is -0.452. The summed E-state index contributed by atoms with van der Waals surface area (Å²) in [5.41, 5.74) is 2.09. The summed E-state index contributed by atoms with van der Waals surface area (Å²) in [4.78, 5) is 28.7. The van der Waals surface area contributed by atoms with Crippen molar-refractivity contribution in [3.05, 3.63) is 42.1 Å². The molecule has 1 N–H and O–H groups in total. The first kappa shape index (κ1) is 18.2. The van der Waals surface area contributed by atoms with Crippen molar-refractivity contribution < 1.29 is 14.0 Å². The Bertz CT molecular complexity index is 740. The van der Waals surface area contributed by atoms with Crippen molar-refractivity contribution in [1.82, 2.24) is 24.9 Å². The third-order valence-corrected chi connectivity index (χ3v) is 4.70. The van der Waals surface area contributed by atoms with Gasteiger partial charge in [-0.1, -0.05) is 0 Å². The van der Waals surface area contributed by atoms with Crippen LogP contribution in [-0.2, 0) is 29.6 Å². The molecule has 2 amide bonds. The predicted molar refractivity (Wildman–Crippen MR) is 95.1 cm³/mol. The highest BCUT2D eigenvalue weighted by Crippen LogP contribution is 2.15. The highest BCUT2D eigenvalue weighted by atomic mass is 16.3. The predicted octanol–water partition coefficient (Wildman–Crippen LogP) is 0.405. The number of aryl methyl sites for hydroxylation is 1. The molecule has 1 atom stereocenters. The van der Waals surface area contributed by atoms with Crippen LogP contribution in [0.5, 0.6) is 0 Å². The van der Waals surface area contributed by atoms with E-state index in [4.69, 9.17) is 4.42 Å². The van der Waals surface area contributed by atoms with Crippen molar-refractivity contribution in [2.75, 3.05) is 26.7 Å². The molecular formula is C18H25N5O3. The Balaban J connectivity index is 1.56. The SMILES string of the molecule is CN(CCc1cnn(C)c1)C(=O)C[C@H]1C(=O)NCCN1Cc1ccoc1. The topological polar surface area (TPSA) is 83.6 Å². The molecule has 0 spiro atoms. The van der Waals surface area contributed by atoms with Crippen molar-refractivity contribution in [1.29, 1.82) is 0 Å². The zero-order chi connectivity index (χ0) is 18.5. The molecule has 8 heteroatoms. The van der Waals surface area contributed by atoms with Gasteiger partial charge in [-0.25, -0.2) is 0 Å². The van der Waals surface area contributed by atoms with Crippen LogP contribution in [0.3, 0.4) is 0 Å². The normalized spacial score (nSPS) is 17.9. The summed E-state index contributed by atoms with van der Waals surface area (Å²) in [5, 5.41) is 7.00. The smallest absolute Gasteiger partial charge is 0.237 e. The highest BCUT2D eigenvalue weighted by Gasteiger charge is 2.32. The van der Waals surface area contributed by atoms with E-state index in [2.05, 4.69) is 10.4 Å². The van der Waals surface area contributed by atoms with Crippen LogP contribution in [0.25, 0.3) is 0 Å². The number of rotatable bonds is 7. The number of carbonyl (C=O) groups excluding carboxylic acids is 2. The van der Waals surface area contributed by atoms with Crippen LogP contribution in [0.1, 0.15) is 17.5 Å². The van der Waals surface area contributed by atoms with Crippen molar-refractivity contribution in [2.24, 2.45) is 7.05 Å². The standard InChI is InChI=1S/C18H25N5O3/c1-21(6-3-14-10-20-22(2)11-14)17(24)9-16-18(25)19-5-7-23(16)12-15-4-8-26-13-15/h4,8,10-11,13,16H,3,5-7,9,12H2,1-2H3,(H,19,25)/t16-/m0/s1. The number of likely N-dealkylation sites (N-methyl/N-ethyl adjacent to an activating group) is 1. The molecule has 1 aliphatic rings. The van der Waals surface area contributed by atoms with Gasteiger partial charge in [0.2, 0.25) is 11.8 Å². The number of furan rings is 1. The lowest BCUT2D eigenvalue weighted by atomic mass is 10.1. The minimum Gasteiger partial charge on any atom is -0.472 e. The Morgan fingerprint density at radius 2 is 2.31 bits per heavy atom. The summed E-state index contributed by atoms with van der Waals surface area (Å²) in [5.74, 6) is -0.123. The fraction of sp³-hybridized carbons (Fsp3) is 0.500. The molecule has 1 aliphatic heterocycles. The summed E-state index contributed by atoms with van der Waals surface area (Å²) in [7, 11) is 3.65. The first-order chi connectivity index (χ1) is 12.5. The lowest BCUT2D eigenvalue weighted by Gasteiger charge is -2.35. The number of hydrogen-bond donors (Lipinski definition) is 1. The third-order valence-electron chi connectivity index (χ3n) is 4.70. The summed E-state index contributed by atoms with van der Waals surface area (Å²) in [6, 6.07) is 1.43. The average molecular weight is 359 g/mol. The van der Waals surface area contributed by atoms with Crippen LogP contribution in [0.4, 0.5) is 0 Å². The van der Waals surface area contributed by atoms with Gasteiger partial charge in [0.15, 0.2) is 0 Å². The molecule has 1 fully saturated rings. The summed E-state index contributed by atoms with van der Waals surface area (Å²) < 4.78 is 6.85. The van der Waals surface area contributed by atoms with E-state index in [0.717, 1.165) is 17.5 Å². The zero-order valence-corrected chi connectivity index (χ0v) is 15.2. The van der Waals surface area contributed by atoms with Crippen molar-refractivity contribution >= 4 is 11.8 Å². The van der Waals surface area contributed by atoms with Crippen LogP contribution >= 0.6 is 0 Å². The number of nitrogens with one attached hydrogen (secondary N) is 1. The fourth-order valence-electron chi connectivity index (χ4n) is 3.13. The molecule has 0 unspecified atom stereocenters. The lowest BCUT2D eigenvalue weighted by molar-refractivity contribution is -0.138. The van der Waals surface area contributed by atoms with Crippen molar-refractivity contribution in [2.45, 2.75) is 25.4 Å². The van der Waals surface area contributed by atoms with E-state index >= 15 is 0 Å². The van der Waals surface area contributed by atoms with E-state index in [0.29, 0.717) is 26.2 Å². The Hall–Kier alpha value is -2.61. The van der Waals surface area contributed by atoms with Crippen LogP contribution in [0, 0.1) is 0 Å². The van der Waals surface area contributed by atoms with Gasteiger partial charge in [0.1, 0.15) is 0 Å². The summed E-state index contributed by atoms with van der Waals surface area (Å²) >= 11 is 0. The number of carbonyl (C=O) groups is 2. The van der Waals surface area contributed by atoms with Crippen LogP contribution < -0.4 is 5.32 Å². The summed E-state index contributed by atoms with van der Waals surface area (Å²) in [6.45, 7) is 2.51. The van der Waals surface area contributed by atoms with Gasteiger partial charge in [-0.05, 0) is 18.1 Å². The van der Waals surface area contributed by atoms with Crippen LogP contribution in [-0.4, -0.2) is 64.1 Å². The van der Waals surface area contributed by atoms with Crippen molar-refractivity contribution in [3.63, 3.8) is 0 Å². The Morgan fingerprint density at radius 1 is 1.46 bits per heavy atom. The number of nitrogens with zero attached hydrogens (tertiary/aromatic N) is 4. The number of aromatic nitrogens is 2. The summed E-state index contributed by atoms with van der Waals surface area (Å²) in [6.07, 6.45) is 7.95. The molecule has 0 aliphatic carbocycles. The molecule has 0 radical (unpaired) electrons. The molecule has 2 aromatic rings.